The van der Waals surface area contributed by atoms with Crippen LogP contribution in [0.3, 0.4) is 0 Å². The van der Waals surface area contributed by atoms with Gasteiger partial charge in [0.1, 0.15) is 16.2 Å². The lowest BCUT2D eigenvalue weighted by molar-refractivity contribution is 0.164. The Bertz CT molecular complexity index is 393. The number of nitrogens with zero attached hydrogens (tertiary/aromatic N) is 2. The molecule has 2 N–H and O–H groups in total. The summed E-state index contributed by atoms with van der Waals surface area (Å²) >= 11 is 3.38. The topological polar surface area (TPSA) is 58.0 Å². The van der Waals surface area contributed by atoms with Crippen LogP contribution in [0.15, 0.2) is 10.7 Å². The second-order valence-electron chi connectivity index (χ2n) is 4.87. The molecule has 1 saturated carbocycles. The summed E-state index contributed by atoms with van der Waals surface area (Å²) < 4.78 is 0.777. The second-order valence-corrected chi connectivity index (χ2v) is 5.69. The van der Waals surface area contributed by atoms with Crippen LogP contribution in [0.5, 0.6) is 0 Å². The van der Waals surface area contributed by atoms with Crippen LogP contribution in [0.1, 0.15) is 38.4 Å². The monoisotopic (exact) mass is 299 g/mol. The van der Waals surface area contributed by atoms with Crippen LogP contribution in [-0.2, 0) is 0 Å². The molecule has 1 aromatic rings. The van der Waals surface area contributed by atoms with E-state index in [-0.39, 0.29) is 6.10 Å². The van der Waals surface area contributed by atoms with Gasteiger partial charge < -0.3 is 10.4 Å². The highest BCUT2D eigenvalue weighted by Gasteiger charge is 2.29. The first-order valence-corrected chi connectivity index (χ1v) is 6.82. The summed E-state index contributed by atoms with van der Waals surface area (Å²) in [5.41, 5.74) is 0. The first kappa shape index (κ1) is 12.8. The number of hydrogen-bond acceptors (Lipinski definition) is 4. The van der Waals surface area contributed by atoms with Gasteiger partial charge in [0.2, 0.25) is 0 Å². The van der Waals surface area contributed by atoms with E-state index in [0.717, 1.165) is 29.1 Å². The molecule has 0 bridgehead atoms. The average molecular weight is 300 g/mol. The van der Waals surface area contributed by atoms with Gasteiger partial charge in [-0.15, -0.1) is 0 Å². The fraction of sp³-hybridized carbons (Fsp3) is 0.667. The molecular weight excluding hydrogens is 282 g/mol. The van der Waals surface area contributed by atoms with Crippen molar-refractivity contribution < 1.29 is 5.11 Å². The Balaban J connectivity index is 1.99. The maximum absolute atomic E-state index is 9.78. The van der Waals surface area contributed by atoms with Gasteiger partial charge in [0.25, 0.3) is 0 Å². The zero-order valence-corrected chi connectivity index (χ0v) is 11.7. The lowest BCUT2D eigenvalue weighted by Crippen LogP contribution is -2.22. The highest BCUT2D eigenvalue weighted by atomic mass is 79.9. The summed E-state index contributed by atoms with van der Waals surface area (Å²) in [4.78, 5) is 8.73. The van der Waals surface area contributed by atoms with E-state index < -0.39 is 0 Å². The van der Waals surface area contributed by atoms with Gasteiger partial charge in [-0.1, -0.05) is 13.8 Å². The third kappa shape index (κ3) is 3.64. The third-order valence-electron chi connectivity index (χ3n) is 2.89. The van der Waals surface area contributed by atoms with Crippen molar-refractivity contribution in [2.45, 2.75) is 38.7 Å². The summed E-state index contributed by atoms with van der Waals surface area (Å²) in [5, 5.41) is 13.0. The van der Waals surface area contributed by atoms with Gasteiger partial charge in [0.15, 0.2) is 0 Å². The molecule has 0 radical (unpaired) electrons. The molecule has 0 amide bonds. The van der Waals surface area contributed by atoms with Crippen LogP contribution in [0.2, 0.25) is 0 Å². The Hall–Kier alpha value is -0.680. The van der Waals surface area contributed by atoms with Crippen LogP contribution in [0.4, 0.5) is 5.82 Å². The van der Waals surface area contributed by atoms with E-state index in [1.54, 1.807) is 0 Å². The molecule has 0 spiro atoms. The molecule has 17 heavy (non-hydrogen) atoms. The fourth-order valence-corrected chi connectivity index (χ4v) is 2.04. The molecule has 0 saturated heterocycles. The third-order valence-corrected chi connectivity index (χ3v) is 3.29. The standard InChI is InChI=1S/C12H18BrN3O/c1-7(2)12-15-10(13)5-11(16-12)14-6-9(17)8-3-4-8/h5,7-9,17H,3-4,6H2,1-2H3,(H,14,15,16). The van der Waals surface area contributed by atoms with Crippen molar-refractivity contribution >= 4 is 21.7 Å². The van der Waals surface area contributed by atoms with E-state index in [1.807, 2.05) is 6.07 Å². The van der Waals surface area contributed by atoms with E-state index in [4.69, 9.17) is 0 Å². The van der Waals surface area contributed by atoms with E-state index in [9.17, 15) is 5.11 Å². The van der Waals surface area contributed by atoms with Crippen molar-refractivity contribution in [3.05, 3.63) is 16.5 Å². The van der Waals surface area contributed by atoms with E-state index >= 15 is 0 Å². The molecule has 1 unspecified atom stereocenters. The number of aromatic nitrogens is 2. The smallest absolute Gasteiger partial charge is 0.134 e. The quantitative estimate of drug-likeness (QED) is 0.821. The van der Waals surface area contributed by atoms with Crippen molar-refractivity contribution in [1.82, 2.24) is 9.97 Å². The lowest BCUT2D eigenvalue weighted by atomic mass is 10.2. The predicted molar refractivity (Wildman–Crippen MR) is 71.0 cm³/mol. The summed E-state index contributed by atoms with van der Waals surface area (Å²) in [5.74, 6) is 2.36. The number of nitrogens with one attached hydrogen (secondary N) is 1. The second kappa shape index (κ2) is 5.31. The molecule has 2 rings (SSSR count). The van der Waals surface area contributed by atoms with Crippen molar-refractivity contribution in [2.24, 2.45) is 5.92 Å². The van der Waals surface area contributed by atoms with E-state index in [2.05, 4.69) is 45.1 Å². The minimum atomic E-state index is -0.258. The number of aliphatic hydroxyl groups is 1. The average Bonchev–Trinajstić information content (AvgIpc) is 3.08. The van der Waals surface area contributed by atoms with Crippen molar-refractivity contribution in [2.75, 3.05) is 11.9 Å². The van der Waals surface area contributed by atoms with E-state index in [0.29, 0.717) is 18.4 Å². The Morgan fingerprint density at radius 3 is 2.76 bits per heavy atom. The highest BCUT2D eigenvalue weighted by molar-refractivity contribution is 9.10. The fourth-order valence-electron chi connectivity index (χ4n) is 1.64. The molecule has 1 heterocycles. The molecule has 1 atom stereocenters. The van der Waals surface area contributed by atoms with Crippen LogP contribution in [0, 0.1) is 5.92 Å². The van der Waals surface area contributed by atoms with Gasteiger partial charge >= 0.3 is 0 Å². The predicted octanol–water partition coefficient (Wildman–Crippen LogP) is 2.55. The minimum Gasteiger partial charge on any atom is -0.391 e. The molecule has 4 nitrogen and oxygen atoms in total. The molecule has 1 aromatic heterocycles. The first-order valence-electron chi connectivity index (χ1n) is 6.02. The highest BCUT2D eigenvalue weighted by Crippen LogP contribution is 2.32. The zero-order valence-electron chi connectivity index (χ0n) is 10.2. The normalized spacial score (nSPS) is 17.2. The molecule has 94 valence electrons. The van der Waals surface area contributed by atoms with Crippen LogP contribution in [-0.4, -0.2) is 27.7 Å². The number of aliphatic hydroxyl groups excluding tert-OH is 1. The van der Waals surface area contributed by atoms with Gasteiger partial charge in [0, 0.05) is 18.5 Å². The Morgan fingerprint density at radius 1 is 1.47 bits per heavy atom. The van der Waals surface area contributed by atoms with Crippen molar-refractivity contribution in [1.29, 1.82) is 0 Å². The summed E-state index contributed by atoms with van der Waals surface area (Å²) in [6.45, 7) is 4.68. The summed E-state index contributed by atoms with van der Waals surface area (Å²) in [6.07, 6.45) is 2.03. The maximum atomic E-state index is 9.78. The van der Waals surface area contributed by atoms with Gasteiger partial charge in [0.05, 0.1) is 6.10 Å². The Labute approximate surface area is 110 Å². The molecule has 1 fully saturated rings. The molecular formula is C12H18BrN3O. The molecule has 0 aromatic carbocycles. The van der Waals surface area contributed by atoms with Gasteiger partial charge in [-0.05, 0) is 34.7 Å². The van der Waals surface area contributed by atoms with E-state index in [1.165, 1.54) is 0 Å². The largest absolute Gasteiger partial charge is 0.391 e. The van der Waals surface area contributed by atoms with Crippen molar-refractivity contribution in [3.8, 4) is 0 Å². The molecule has 1 aliphatic carbocycles. The van der Waals surface area contributed by atoms with Crippen LogP contribution in [0.25, 0.3) is 0 Å². The zero-order chi connectivity index (χ0) is 12.4. The van der Waals surface area contributed by atoms with Crippen LogP contribution < -0.4 is 5.32 Å². The summed E-state index contributed by atoms with van der Waals surface area (Å²) in [6, 6.07) is 1.84. The first-order chi connectivity index (χ1) is 8.06. The van der Waals surface area contributed by atoms with Crippen LogP contribution >= 0.6 is 15.9 Å². The van der Waals surface area contributed by atoms with Gasteiger partial charge in [-0.25, -0.2) is 9.97 Å². The number of hydrogen-bond donors (Lipinski definition) is 2. The Morgan fingerprint density at radius 2 is 2.18 bits per heavy atom. The molecule has 5 heteroatoms. The number of anilines is 1. The minimum absolute atomic E-state index is 0.258. The van der Waals surface area contributed by atoms with Gasteiger partial charge in [-0.2, -0.15) is 0 Å². The molecule has 0 aliphatic heterocycles. The van der Waals surface area contributed by atoms with Crippen molar-refractivity contribution in [3.63, 3.8) is 0 Å². The number of halogens is 1. The maximum Gasteiger partial charge on any atom is 0.134 e. The SMILES string of the molecule is CC(C)c1nc(Br)cc(NCC(O)C2CC2)n1. The number of rotatable bonds is 5. The lowest BCUT2D eigenvalue weighted by Gasteiger charge is -2.13. The van der Waals surface area contributed by atoms with Gasteiger partial charge in [-0.3, -0.25) is 0 Å². The summed E-state index contributed by atoms with van der Waals surface area (Å²) in [7, 11) is 0. The Kier molecular flexibility index (Phi) is 3.99. The molecule has 1 aliphatic rings.